The third-order valence-corrected chi connectivity index (χ3v) is 5.35. The molecule has 166 valence electrons. The van der Waals surface area contributed by atoms with E-state index in [4.69, 9.17) is 9.47 Å². The smallest absolute Gasteiger partial charge is 0.382 e. The van der Waals surface area contributed by atoms with Crippen LogP contribution in [-0.2, 0) is 19.1 Å². The average molecular weight is 447 g/mol. The molecule has 1 aromatic carbocycles. The van der Waals surface area contributed by atoms with Gasteiger partial charge < -0.3 is 14.8 Å². The van der Waals surface area contributed by atoms with E-state index in [1.165, 1.54) is 19.1 Å². The number of hydrogen-bond acceptors (Lipinski definition) is 6. The van der Waals surface area contributed by atoms with Crippen LogP contribution in [0, 0.1) is 6.92 Å². The predicted octanol–water partition coefficient (Wildman–Crippen LogP) is 2.66. The van der Waals surface area contributed by atoms with E-state index in [2.05, 4.69) is 4.99 Å². The van der Waals surface area contributed by atoms with Crippen molar-refractivity contribution in [3.8, 4) is 0 Å². The van der Waals surface area contributed by atoms with Crippen LogP contribution in [0.5, 0.6) is 0 Å². The number of rotatable bonds is 9. The molecule has 1 aromatic rings. The normalized spacial score (nSPS) is 19.4. The quantitative estimate of drug-likeness (QED) is 0.630. The summed E-state index contributed by atoms with van der Waals surface area (Å²) in [7, 11) is 2.99. The first kappa shape index (κ1) is 24.2. The highest BCUT2D eigenvalue weighted by molar-refractivity contribution is 8.15. The standard InChI is InChI=1S/C19H24F3N3O4S/c1-12-5-4-6-13(7-12)24-18-25(9-14(29-3)10-28-2)17(27)15(30-18)8-16(26)23-11-19(20,21)22/h4-7,14-15H,8-11H2,1-3H3,(H,23,26). The van der Waals surface area contributed by atoms with Crippen LogP contribution in [0.4, 0.5) is 18.9 Å². The largest absolute Gasteiger partial charge is 0.405 e. The van der Waals surface area contributed by atoms with Gasteiger partial charge in [0.05, 0.1) is 24.9 Å². The molecular formula is C19H24F3N3O4S. The Morgan fingerprint density at radius 1 is 1.37 bits per heavy atom. The monoisotopic (exact) mass is 447 g/mol. The van der Waals surface area contributed by atoms with Gasteiger partial charge in [-0.15, -0.1) is 0 Å². The van der Waals surface area contributed by atoms with Crippen molar-refractivity contribution >= 4 is 34.4 Å². The number of ether oxygens (including phenoxy) is 2. The Kier molecular flexibility index (Phi) is 8.68. The maximum absolute atomic E-state index is 12.9. The van der Waals surface area contributed by atoms with Crippen LogP contribution in [0.15, 0.2) is 29.3 Å². The molecule has 0 aromatic heterocycles. The molecule has 1 aliphatic rings. The first-order chi connectivity index (χ1) is 14.1. The number of carbonyl (C=O) groups excluding carboxylic acids is 2. The minimum absolute atomic E-state index is 0.140. The third-order valence-electron chi connectivity index (χ3n) is 4.18. The minimum Gasteiger partial charge on any atom is -0.382 e. The van der Waals surface area contributed by atoms with E-state index in [9.17, 15) is 22.8 Å². The molecule has 0 aliphatic carbocycles. The number of methoxy groups -OCH3 is 2. The molecule has 30 heavy (non-hydrogen) atoms. The second-order valence-corrected chi connectivity index (χ2v) is 7.87. The minimum atomic E-state index is -4.52. The van der Waals surface area contributed by atoms with Gasteiger partial charge >= 0.3 is 6.18 Å². The molecule has 7 nitrogen and oxygen atoms in total. The van der Waals surface area contributed by atoms with E-state index >= 15 is 0 Å². The molecule has 2 atom stereocenters. The summed E-state index contributed by atoms with van der Waals surface area (Å²) in [6, 6.07) is 7.34. The van der Waals surface area contributed by atoms with Crippen molar-refractivity contribution < 1.29 is 32.2 Å². The molecule has 1 N–H and O–H groups in total. The summed E-state index contributed by atoms with van der Waals surface area (Å²) >= 11 is 1.05. The van der Waals surface area contributed by atoms with Crippen LogP contribution in [0.3, 0.4) is 0 Å². The van der Waals surface area contributed by atoms with Gasteiger partial charge in [-0.25, -0.2) is 4.99 Å². The topological polar surface area (TPSA) is 80.2 Å². The zero-order valence-corrected chi connectivity index (χ0v) is 17.7. The van der Waals surface area contributed by atoms with Gasteiger partial charge in [0.2, 0.25) is 11.8 Å². The summed E-state index contributed by atoms with van der Waals surface area (Å²) in [5.41, 5.74) is 1.60. The molecule has 1 fully saturated rings. The van der Waals surface area contributed by atoms with Crippen LogP contribution in [0.25, 0.3) is 0 Å². The van der Waals surface area contributed by atoms with Gasteiger partial charge in [-0.3, -0.25) is 14.5 Å². The number of benzene rings is 1. The Morgan fingerprint density at radius 2 is 2.10 bits per heavy atom. The maximum atomic E-state index is 12.9. The first-order valence-corrected chi connectivity index (χ1v) is 9.99. The molecule has 2 unspecified atom stereocenters. The van der Waals surface area contributed by atoms with Crippen molar-refractivity contribution in [3.05, 3.63) is 29.8 Å². The highest BCUT2D eigenvalue weighted by Gasteiger charge is 2.40. The zero-order valence-electron chi connectivity index (χ0n) is 16.9. The number of aryl methyl sites for hydroxylation is 1. The number of carbonyl (C=O) groups is 2. The number of alkyl halides is 3. The van der Waals surface area contributed by atoms with Gasteiger partial charge in [0.15, 0.2) is 5.17 Å². The van der Waals surface area contributed by atoms with Crippen molar-refractivity contribution in [3.63, 3.8) is 0 Å². The molecule has 1 aliphatic heterocycles. The highest BCUT2D eigenvalue weighted by atomic mass is 32.2. The molecule has 0 saturated carbocycles. The summed E-state index contributed by atoms with van der Waals surface area (Å²) in [6.45, 7) is 0.841. The Morgan fingerprint density at radius 3 is 2.70 bits per heavy atom. The Balaban J connectivity index is 2.20. The molecule has 11 heteroatoms. The van der Waals surface area contributed by atoms with Crippen LogP contribution in [-0.4, -0.2) is 73.3 Å². The summed E-state index contributed by atoms with van der Waals surface area (Å²) in [6.07, 6.45) is -5.33. The third kappa shape index (κ3) is 7.29. The summed E-state index contributed by atoms with van der Waals surface area (Å²) in [5, 5.41) is 1.28. The van der Waals surface area contributed by atoms with E-state index in [1.807, 2.05) is 25.1 Å². The van der Waals surface area contributed by atoms with Crippen molar-refractivity contribution in [1.82, 2.24) is 10.2 Å². The van der Waals surface area contributed by atoms with Crippen molar-refractivity contribution in [2.75, 3.05) is 33.9 Å². The van der Waals surface area contributed by atoms with Crippen molar-refractivity contribution in [2.24, 2.45) is 4.99 Å². The molecule has 1 heterocycles. The summed E-state index contributed by atoms with van der Waals surface area (Å²) < 4.78 is 47.4. The molecule has 0 bridgehead atoms. The zero-order chi connectivity index (χ0) is 22.3. The molecule has 0 radical (unpaired) electrons. The van der Waals surface area contributed by atoms with E-state index in [-0.39, 0.29) is 19.6 Å². The van der Waals surface area contributed by atoms with Crippen molar-refractivity contribution in [1.29, 1.82) is 0 Å². The number of halogens is 3. The fraction of sp³-hybridized carbons (Fsp3) is 0.526. The lowest BCUT2D eigenvalue weighted by atomic mass is 10.2. The van der Waals surface area contributed by atoms with Gasteiger partial charge in [0, 0.05) is 20.6 Å². The lowest BCUT2D eigenvalue weighted by Crippen LogP contribution is -2.41. The number of nitrogens with one attached hydrogen (secondary N) is 1. The summed E-state index contributed by atoms with van der Waals surface area (Å²) in [4.78, 5) is 30.7. The van der Waals surface area contributed by atoms with E-state index in [0.717, 1.165) is 17.3 Å². The van der Waals surface area contributed by atoms with E-state index < -0.39 is 35.9 Å². The predicted molar refractivity (Wildman–Crippen MR) is 108 cm³/mol. The van der Waals surface area contributed by atoms with E-state index in [1.54, 1.807) is 11.4 Å². The highest BCUT2D eigenvalue weighted by Crippen LogP contribution is 2.32. The molecule has 1 saturated heterocycles. The second kappa shape index (κ2) is 10.8. The first-order valence-electron chi connectivity index (χ1n) is 9.11. The average Bonchev–Trinajstić information content (AvgIpc) is 2.94. The Hall–Kier alpha value is -2.11. The van der Waals surface area contributed by atoms with Gasteiger partial charge in [0.25, 0.3) is 0 Å². The summed E-state index contributed by atoms with van der Waals surface area (Å²) in [5.74, 6) is -1.26. The maximum Gasteiger partial charge on any atom is 0.405 e. The Labute approximate surface area is 177 Å². The molecular weight excluding hydrogens is 423 g/mol. The molecule has 0 spiro atoms. The molecule has 2 rings (SSSR count). The van der Waals surface area contributed by atoms with Gasteiger partial charge in [-0.2, -0.15) is 13.2 Å². The van der Waals surface area contributed by atoms with Gasteiger partial charge in [-0.05, 0) is 24.6 Å². The number of hydrogen-bond donors (Lipinski definition) is 1. The lowest BCUT2D eigenvalue weighted by molar-refractivity contribution is -0.139. The van der Waals surface area contributed by atoms with Crippen LogP contribution in [0.2, 0.25) is 0 Å². The number of amidine groups is 1. The number of amides is 2. The van der Waals surface area contributed by atoms with E-state index in [0.29, 0.717) is 10.9 Å². The number of aliphatic imine (C=N–C) groups is 1. The van der Waals surface area contributed by atoms with Gasteiger partial charge in [0.1, 0.15) is 11.8 Å². The van der Waals surface area contributed by atoms with Crippen LogP contribution in [0.1, 0.15) is 12.0 Å². The molecule has 2 amide bonds. The van der Waals surface area contributed by atoms with Crippen molar-refractivity contribution in [2.45, 2.75) is 30.9 Å². The number of nitrogens with zero attached hydrogens (tertiary/aromatic N) is 2. The van der Waals surface area contributed by atoms with Crippen LogP contribution < -0.4 is 5.32 Å². The Bertz CT molecular complexity index is 789. The second-order valence-electron chi connectivity index (χ2n) is 6.70. The van der Waals surface area contributed by atoms with Crippen LogP contribution >= 0.6 is 11.8 Å². The fourth-order valence-electron chi connectivity index (χ4n) is 2.73. The fourth-order valence-corrected chi connectivity index (χ4v) is 3.89. The lowest BCUT2D eigenvalue weighted by Gasteiger charge is -2.22. The number of thioether (sulfide) groups is 1. The SMILES string of the molecule is COCC(CN1C(=O)C(CC(=O)NCC(F)(F)F)SC1=Nc1cccc(C)c1)OC. The van der Waals surface area contributed by atoms with Gasteiger partial charge in [-0.1, -0.05) is 23.9 Å².